The first-order valence-corrected chi connectivity index (χ1v) is 6.34. The van der Waals surface area contributed by atoms with Crippen LogP contribution in [-0.4, -0.2) is 23.9 Å². The Morgan fingerprint density at radius 2 is 2.00 bits per heavy atom. The molecular formula is C13H25NO. The van der Waals surface area contributed by atoms with Gasteiger partial charge in [0, 0.05) is 19.0 Å². The number of amides is 1. The third kappa shape index (κ3) is 2.96. The zero-order valence-electron chi connectivity index (χ0n) is 10.6. The molecular weight excluding hydrogens is 186 g/mol. The lowest BCUT2D eigenvalue weighted by Gasteiger charge is -2.37. The highest BCUT2D eigenvalue weighted by Gasteiger charge is 2.29. The van der Waals surface area contributed by atoms with Crippen molar-refractivity contribution in [3.63, 3.8) is 0 Å². The summed E-state index contributed by atoms with van der Waals surface area (Å²) in [6.07, 6.45) is 6.04. The Bertz CT molecular complexity index is 215. The zero-order chi connectivity index (χ0) is 11.4. The van der Waals surface area contributed by atoms with Crippen LogP contribution < -0.4 is 0 Å². The molecule has 3 atom stereocenters. The summed E-state index contributed by atoms with van der Waals surface area (Å²) in [6, 6.07) is 0.486. The number of carbonyl (C=O) groups is 1. The first-order chi connectivity index (χ1) is 7.07. The second-order valence-electron chi connectivity index (χ2n) is 5.09. The Balaban J connectivity index is 2.57. The van der Waals surface area contributed by atoms with Crippen LogP contribution in [0.5, 0.6) is 0 Å². The van der Waals surface area contributed by atoms with Crippen molar-refractivity contribution in [3.05, 3.63) is 0 Å². The van der Waals surface area contributed by atoms with E-state index in [1.165, 1.54) is 25.7 Å². The van der Waals surface area contributed by atoms with E-state index < -0.39 is 0 Å². The second-order valence-corrected chi connectivity index (χ2v) is 5.09. The van der Waals surface area contributed by atoms with Crippen LogP contribution in [-0.2, 0) is 4.79 Å². The minimum Gasteiger partial charge on any atom is -0.342 e. The first kappa shape index (κ1) is 12.5. The van der Waals surface area contributed by atoms with Gasteiger partial charge < -0.3 is 4.90 Å². The Labute approximate surface area is 94.0 Å². The van der Waals surface area contributed by atoms with Gasteiger partial charge in [0.15, 0.2) is 0 Å². The van der Waals surface area contributed by atoms with Crippen molar-refractivity contribution in [3.8, 4) is 0 Å². The van der Waals surface area contributed by atoms with Crippen molar-refractivity contribution < 1.29 is 4.79 Å². The Hall–Kier alpha value is -0.530. The molecule has 1 aliphatic rings. The average molecular weight is 211 g/mol. The molecule has 1 fully saturated rings. The Kier molecular flexibility index (Phi) is 4.62. The molecule has 2 nitrogen and oxygen atoms in total. The molecule has 0 N–H and O–H groups in total. The molecule has 0 aromatic carbocycles. The molecule has 0 saturated heterocycles. The maximum atomic E-state index is 12.0. The standard InChI is InChI=1S/C13H25NO/c1-5-10(2)13(15)14(4)12-9-7-6-8-11(12)3/h10-12H,5-9H2,1-4H3/t10-,11+,12-/m1/s1. The number of rotatable bonds is 3. The van der Waals surface area contributed by atoms with Gasteiger partial charge in [0.1, 0.15) is 0 Å². The van der Waals surface area contributed by atoms with E-state index in [9.17, 15) is 4.79 Å². The lowest BCUT2D eigenvalue weighted by atomic mass is 9.84. The molecule has 0 aromatic heterocycles. The summed E-state index contributed by atoms with van der Waals surface area (Å²) in [5, 5.41) is 0. The molecule has 1 saturated carbocycles. The molecule has 0 aliphatic heterocycles. The van der Waals surface area contributed by atoms with Crippen molar-refractivity contribution in [1.29, 1.82) is 0 Å². The van der Waals surface area contributed by atoms with E-state index in [1.54, 1.807) is 0 Å². The molecule has 1 aliphatic carbocycles. The highest BCUT2D eigenvalue weighted by Crippen LogP contribution is 2.28. The third-order valence-electron chi connectivity index (χ3n) is 3.95. The van der Waals surface area contributed by atoms with Crippen molar-refractivity contribution in [2.24, 2.45) is 11.8 Å². The minimum atomic E-state index is 0.184. The van der Waals surface area contributed by atoms with Crippen LogP contribution in [0.4, 0.5) is 0 Å². The van der Waals surface area contributed by atoms with Gasteiger partial charge in [-0.1, -0.05) is 33.6 Å². The van der Waals surface area contributed by atoms with Gasteiger partial charge in [-0.2, -0.15) is 0 Å². The SMILES string of the molecule is CC[C@@H](C)C(=O)N(C)[C@@H]1CCCC[C@@H]1C. The number of hydrogen-bond acceptors (Lipinski definition) is 1. The van der Waals surface area contributed by atoms with E-state index in [2.05, 4.69) is 13.8 Å². The summed E-state index contributed by atoms with van der Waals surface area (Å²) in [7, 11) is 1.99. The van der Waals surface area contributed by atoms with Gasteiger partial charge in [-0.3, -0.25) is 4.79 Å². The van der Waals surface area contributed by atoms with Crippen LogP contribution in [0.25, 0.3) is 0 Å². The topological polar surface area (TPSA) is 20.3 Å². The molecule has 0 spiro atoms. The highest BCUT2D eigenvalue weighted by atomic mass is 16.2. The van der Waals surface area contributed by atoms with E-state index in [-0.39, 0.29) is 5.92 Å². The zero-order valence-corrected chi connectivity index (χ0v) is 10.6. The third-order valence-corrected chi connectivity index (χ3v) is 3.95. The Morgan fingerprint density at radius 1 is 1.40 bits per heavy atom. The molecule has 0 heterocycles. The van der Waals surface area contributed by atoms with Gasteiger partial charge in [0.2, 0.25) is 5.91 Å². The van der Waals surface area contributed by atoms with Crippen molar-refractivity contribution in [2.75, 3.05) is 7.05 Å². The smallest absolute Gasteiger partial charge is 0.225 e. The van der Waals surface area contributed by atoms with Crippen LogP contribution in [0, 0.1) is 11.8 Å². The largest absolute Gasteiger partial charge is 0.342 e. The highest BCUT2D eigenvalue weighted by molar-refractivity contribution is 5.78. The normalized spacial score (nSPS) is 28.5. The minimum absolute atomic E-state index is 0.184. The molecule has 0 aromatic rings. The summed E-state index contributed by atoms with van der Waals surface area (Å²) in [5.74, 6) is 1.19. The Morgan fingerprint density at radius 3 is 2.53 bits per heavy atom. The fraction of sp³-hybridized carbons (Fsp3) is 0.923. The lowest BCUT2D eigenvalue weighted by molar-refractivity contribution is -0.137. The summed E-state index contributed by atoms with van der Waals surface area (Å²) in [5.41, 5.74) is 0. The van der Waals surface area contributed by atoms with Gasteiger partial charge in [0.05, 0.1) is 0 Å². The summed E-state index contributed by atoms with van der Waals surface area (Å²) >= 11 is 0. The summed E-state index contributed by atoms with van der Waals surface area (Å²) in [6.45, 7) is 6.40. The quantitative estimate of drug-likeness (QED) is 0.702. The molecule has 88 valence electrons. The summed E-state index contributed by atoms with van der Waals surface area (Å²) < 4.78 is 0. The maximum absolute atomic E-state index is 12.0. The van der Waals surface area contributed by atoms with Crippen molar-refractivity contribution in [2.45, 2.75) is 58.9 Å². The van der Waals surface area contributed by atoms with Crippen LogP contribution in [0.2, 0.25) is 0 Å². The first-order valence-electron chi connectivity index (χ1n) is 6.34. The van der Waals surface area contributed by atoms with E-state index in [4.69, 9.17) is 0 Å². The molecule has 15 heavy (non-hydrogen) atoms. The number of hydrogen-bond donors (Lipinski definition) is 0. The molecule has 0 bridgehead atoms. The monoisotopic (exact) mass is 211 g/mol. The maximum Gasteiger partial charge on any atom is 0.225 e. The van der Waals surface area contributed by atoms with Crippen LogP contribution in [0.15, 0.2) is 0 Å². The van der Waals surface area contributed by atoms with Crippen LogP contribution in [0.3, 0.4) is 0 Å². The number of carbonyl (C=O) groups excluding carboxylic acids is 1. The van der Waals surface area contributed by atoms with Gasteiger partial charge in [0.25, 0.3) is 0 Å². The van der Waals surface area contributed by atoms with E-state index in [0.717, 1.165) is 6.42 Å². The molecule has 1 amide bonds. The van der Waals surface area contributed by atoms with Gasteiger partial charge in [-0.25, -0.2) is 0 Å². The fourth-order valence-corrected chi connectivity index (χ4v) is 2.56. The van der Waals surface area contributed by atoms with E-state index in [1.807, 2.05) is 18.9 Å². The number of nitrogens with zero attached hydrogens (tertiary/aromatic N) is 1. The molecule has 1 rings (SSSR count). The average Bonchev–Trinajstić information content (AvgIpc) is 2.26. The second kappa shape index (κ2) is 5.53. The van der Waals surface area contributed by atoms with Crippen molar-refractivity contribution >= 4 is 5.91 Å². The molecule has 0 radical (unpaired) electrons. The summed E-state index contributed by atoms with van der Waals surface area (Å²) in [4.78, 5) is 14.1. The molecule has 2 heteroatoms. The predicted octanol–water partition coefficient (Wildman–Crippen LogP) is 3.07. The van der Waals surface area contributed by atoms with E-state index >= 15 is 0 Å². The van der Waals surface area contributed by atoms with E-state index in [0.29, 0.717) is 17.9 Å². The van der Waals surface area contributed by atoms with Gasteiger partial charge in [-0.05, 0) is 25.2 Å². The van der Waals surface area contributed by atoms with Crippen LogP contribution >= 0.6 is 0 Å². The van der Waals surface area contributed by atoms with Gasteiger partial charge >= 0.3 is 0 Å². The van der Waals surface area contributed by atoms with Gasteiger partial charge in [-0.15, -0.1) is 0 Å². The predicted molar refractivity (Wildman–Crippen MR) is 63.6 cm³/mol. The fourth-order valence-electron chi connectivity index (χ4n) is 2.56. The molecule has 0 unspecified atom stereocenters. The van der Waals surface area contributed by atoms with Crippen LogP contribution in [0.1, 0.15) is 52.9 Å². The lowest BCUT2D eigenvalue weighted by Crippen LogP contribution is -2.44. The van der Waals surface area contributed by atoms with Crippen molar-refractivity contribution in [1.82, 2.24) is 4.90 Å².